The van der Waals surface area contributed by atoms with E-state index in [9.17, 15) is 14.7 Å². The van der Waals surface area contributed by atoms with Crippen LogP contribution in [0.4, 0.5) is 16.3 Å². The number of nitrogens with one attached hydrogen (secondary N) is 2. The van der Waals surface area contributed by atoms with E-state index in [0.29, 0.717) is 30.4 Å². The van der Waals surface area contributed by atoms with Gasteiger partial charge in [-0.15, -0.1) is 5.10 Å². The lowest BCUT2D eigenvalue weighted by atomic mass is 9.99. The predicted molar refractivity (Wildman–Crippen MR) is 169 cm³/mol. The number of aromatic nitrogens is 5. The van der Waals surface area contributed by atoms with Gasteiger partial charge < -0.3 is 25.8 Å². The standard InChI is InChI=1S/C28H38ClN9O4Si/c1-17(32-27(39)22-25(33-28(40)41)35-38-10-6-8-31-26(22)38)19-13-21(29)20-15-37(16-42-11-12-43(2,3)4)34-23(20)24(19)36-9-5-7-18(30)14-36/h6,8,10,13,15,17-18H,5,7,9,11-12,14,16,30H2,1-4H3,(H,32,39)(H,33,35)(H,40,41)/t17?,18-/m0/s1. The molecule has 1 unspecified atom stereocenters. The number of carboxylic acid groups (broad SMARTS) is 1. The lowest BCUT2D eigenvalue weighted by molar-refractivity contribution is 0.0791. The smallest absolute Gasteiger partial charge is 0.410 e. The molecule has 1 aliphatic heterocycles. The first kappa shape index (κ1) is 30.7. The molecule has 1 saturated heterocycles. The van der Waals surface area contributed by atoms with Gasteiger partial charge in [-0.3, -0.25) is 10.1 Å². The maximum atomic E-state index is 13.7. The molecule has 4 heterocycles. The van der Waals surface area contributed by atoms with Crippen molar-refractivity contribution in [2.75, 3.05) is 29.9 Å². The highest BCUT2D eigenvalue weighted by atomic mass is 35.5. The quantitative estimate of drug-likeness (QED) is 0.146. The van der Waals surface area contributed by atoms with Gasteiger partial charge in [0.25, 0.3) is 5.91 Å². The maximum absolute atomic E-state index is 13.7. The summed E-state index contributed by atoms with van der Waals surface area (Å²) in [6, 6.07) is 4.00. The summed E-state index contributed by atoms with van der Waals surface area (Å²) in [6.07, 6.45) is 5.50. The average Bonchev–Trinajstić information content (AvgIpc) is 3.51. The third-order valence-corrected chi connectivity index (χ3v) is 9.47. The van der Waals surface area contributed by atoms with E-state index in [1.54, 1.807) is 16.9 Å². The second kappa shape index (κ2) is 12.5. The van der Waals surface area contributed by atoms with Gasteiger partial charge in [-0.05, 0) is 37.9 Å². The van der Waals surface area contributed by atoms with Crippen LogP contribution in [0.25, 0.3) is 16.6 Å². The average molecular weight is 628 g/mol. The molecule has 5 N–H and O–H groups in total. The summed E-state index contributed by atoms with van der Waals surface area (Å²) in [4.78, 5) is 31.6. The minimum atomic E-state index is -1.34. The number of nitrogens with two attached hydrogens (primary N) is 1. The Labute approximate surface area is 255 Å². The van der Waals surface area contributed by atoms with E-state index in [-0.39, 0.29) is 23.1 Å². The fraction of sp³-hybridized carbons (Fsp3) is 0.464. The molecule has 1 fully saturated rings. The van der Waals surface area contributed by atoms with Crippen molar-refractivity contribution in [2.24, 2.45) is 5.73 Å². The number of rotatable bonds is 10. The number of piperidine rings is 1. The van der Waals surface area contributed by atoms with Crippen LogP contribution in [0.15, 0.2) is 30.7 Å². The van der Waals surface area contributed by atoms with E-state index in [0.717, 1.165) is 42.1 Å². The number of amides is 2. The third-order valence-electron chi connectivity index (χ3n) is 7.45. The Bertz CT molecular complexity index is 1650. The monoisotopic (exact) mass is 627 g/mol. The zero-order chi connectivity index (χ0) is 30.9. The van der Waals surface area contributed by atoms with Crippen LogP contribution >= 0.6 is 11.6 Å². The number of fused-ring (bicyclic) bond motifs is 2. The molecule has 2 atom stereocenters. The zero-order valence-corrected chi connectivity index (χ0v) is 26.6. The van der Waals surface area contributed by atoms with Gasteiger partial charge >= 0.3 is 6.09 Å². The molecule has 0 aliphatic carbocycles. The van der Waals surface area contributed by atoms with Crippen molar-refractivity contribution >= 4 is 59.7 Å². The molecular formula is C28H38ClN9O4Si. The summed E-state index contributed by atoms with van der Waals surface area (Å²) in [6.45, 7) is 11.2. The van der Waals surface area contributed by atoms with E-state index >= 15 is 0 Å². The van der Waals surface area contributed by atoms with E-state index in [1.165, 1.54) is 10.7 Å². The minimum absolute atomic E-state index is 0.00119. The molecule has 43 heavy (non-hydrogen) atoms. The number of benzene rings is 1. The third kappa shape index (κ3) is 6.93. The molecule has 0 saturated carbocycles. The number of carbonyl (C=O) groups excluding carboxylic acids is 1. The number of halogens is 1. The Morgan fingerprint density at radius 3 is 2.81 bits per heavy atom. The molecule has 15 heteroatoms. The second-order valence-electron chi connectivity index (χ2n) is 12.2. The summed E-state index contributed by atoms with van der Waals surface area (Å²) >= 11 is 6.83. The van der Waals surface area contributed by atoms with Crippen LogP contribution in [-0.4, -0.2) is 75.3 Å². The fourth-order valence-electron chi connectivity index (χ4n) is 5.30. The van der Waals surface area contributed by atoms with Crippen LogP contribution < -0.4 is 21.3 Å². The zero-order valence-electron chi connectivity index (χ0n) is 24.8. The molecule has 1 aromatic carbocycles. The largest absolute Gasteiger partial charge is 0.465 e. The van der Waals surface area contributed by atoms with Gasteiger partial charge in [-0.2, -0.15) is 5.10 Å². The van der Waals surface area contributed by atoms with E-state index < -0.39 is 26.1 Å². The second-order valence-corrected chi connectivity index (χ2v) is 18.2. The van der Waals surface area contributed by atoms with Crippen LogP contribution in [0, 0.1) is 0 Å². The molecule has 0 spiro atoms. The van der Waals surface area contributed by atoms with Crippen molar-refractivity contribution in [3.63, 3.8) is 0 Å². The van der Waals surface area contributed by atoms with Gasteiger partial charge in [0, 0.05) is 63.4 Å². The molecule has 1 aliphatic rings. The Morgan fingerprint density at radius 2 is 2.09 bits per heavy atom. The van der Waals surface area contributed by atoms with Crippen LogP contribution in [0.5, 0.6) is 0 Å². The number of nitrogens with zero attached hydrogens (tertiary/aromatic N) is 6. The highest BCUT2D eigenvalue weighted by molar-refractivity contribution is 6.76. The van der Waals surface area contributed by atoms with Crippen molar-refractivity contribution in [1.82, 2.24) is 29.7 Å². The fourth-order valence-corrected chi connectivity index (χ4v) is 6.31. The number of hydrogen-bond acceptors (Lipinski definition) is 8. The van der Waals surface area contributed by atoms with Crippen molar-refractivity contribution in [3.8, 4) is 0 Å². The van der Waals surface area contributed by atoms with Gasteiger partial charge in [-0.25, -0.2) is 19.0 Å². The number of ether oxygens (including phenoxy) is 1. The number of anilines is 2. The molecule has 3 aromatic heterocycles. The summed E-state index contributed by atoms with van der Waals surface area (Å²) in [5.74, 6) is -0.650. The van der Waals surface area contributed by atoms with Crippen molar-refractivity contribution in [1.29, 1.82) is 0 Å². The first-order chi connectivity index (χ1) is 20.4. The van der Waals surface area contributed by atoms with Gasteiger partial charge in [0.2, 0.25) is 0 Å². The van der Waals surface area contributed by atoms with Crippen molar-refractivity contribution in [3.05, 3.63) is 46.9 Å². The first-order valence-electron chi connectivity index (χ1n) is 14.3. The number of carbonyl (C=O) groups is 2. The highest BCUT2D eigenvalue weighted by Gasteiger charge is 2.29. The molecule has 0 bridgehead atoms. The molecule has 2 amide bonds. The summed E-state index contributed by atoms with van der Waals surface area (Å²) in [5.41, 5.74) is 8.95. The summed E-state index contributed by atoms with van der Waals surface area (Å²) in [7, 11) is -1.23. The van der Waals surface area contributed by atoms with Gasteiger partial charge in [0.1, 0.15) is 17.8 Å². The Kier molecular flexibility index (Phi) is 8.92. The topological polar surface area (TPSA) is 165 Å². The van der Waals surface area contributed by atoms with Gasteiger partial charge in [0.05, 0.1) is 16.8 Å². The van der Waals surface area contributed by atoms with Crippen LogP contribution in [0.2, 0.25) is 30.7 Å². The Balaban J connectivity index is 1.50. The lowest BCUT2D eigenvalue weighted by Crippen LogP contribution is -2.43. The van der Waals surface area contributed by atoms with E-state index in [2.05, 4.69) is 45.3 Å². The molecule has 230 valence electrons. The molecule has 5 rings (SSSR count). The molecule has 13 nitrogen and oxygen atoms in total. The van der Waals surface area contributed by atoms with Gasteiger partial charge in [0.15, 0.2) is 11.5 Å². The molecular weight excluding hydrogens is 590 g/mol. The SMILES string of the molecule is CC(NC(=O)c1c(NC(=O)O)nn2cccnc12)c1cc(Cl)c2cn(COCC[Si](C)(C)C)nc2c1N1CCC[C@H](N)C1. The summed E-state index contributed by atoms with van der Waals surface area (Å²) < 4.78 is 9.07. The first-order valence-corrected chi connectivity index (χ1v) is 18.4. The molecule has 4 aromatic rings. The van der Waals surface area contributed by atoms with E-state index in [4.69, 9.17) is 27.2 Å². The van der Waals surface area contributed by atoms with E-state index in [1.807, 2.05) is 19.2 Å². The number of hydrogen-bond donors (Lipinski definition) is 4. The Morgan fingerprint density at radius 1 is 1.30 bits per heavy atom. The normalized spacial score (nSPS) is 16.5. The lowest BCUT2D eigenvalue weighted by Gasteiger charge is -2.35. The van der Waals surface area contributed by atoms with Gasteiger partial charge in [-0.1, -0.05) is 31.2 Å². The van der Waals surface area contributed by atoms with Crippen molar-refractivity contribution < 1.29 is 19.4 Å². The van der Waals surface area contributed by atoms with Crippen LogP contribution in [-0.2, 0) is 11.5 Å². The molecule has 0 radical (unpaired) electrons. The predicted octanol–water partition coefficient (Wildman–Crippen LogP) is 4.55. The Hall–Kier alpha value is -3.72. The minimum Gasteiger partial charge on any atom is -0.465 e. The highest BCUT2D eigenvalue weighted by Crippen LogP contribution is 2.39. The van der Waals surface area contributed by atoms with Crippen LogP contribution in [0.3, 0.4) is 0 Å². The summed E-state index contributed by atoms with van der Waals surface area (Å²) in [5, 5.41) is 24.9. The maximum Gasteiger partial charge on any atom is 0.410 e. The van der Waals surface area contributed by atoms with Crippen molar-refractivity contribution in [2.45, 2.75) is 64.3 Å². The van der Waals surface area contributed by atoms with Crippen LogP contribution in [0.1, 0.15) is 41.7 Å².